The Morgan fingerprint density at radius 3 is 2.94 bits per heavy atom. The predicted molar refractivity (Wildman–Crippen MR) is 119 cm³/mol. The third-order valence-electron chi connectivity index (χ3n) is 8.39. The van der Waals surface area contributed by atoms with Crippen LogP contribution in [0.2, 0.25) is 0 Å². The first kappa shape index (κ1) is 19.8. The number of nitrogens with one attached hydrogen (secondary N) is 2. The molecule has 5 atom stereocenters. The van der Waals surface area contributed by atoms with Gasteiger partial charge < -0.3 is 20.3 Å². The fourth-order valence-corrected chi connectivity index (χ4v) is 6.72. The summed E-state index contributed by atoms with van der Waals surface area (Å²) in [7, 11) is 0. The highest BCUT2D eigenvalue weighted by atomic mass is 16.5. The van der Waals surface area contributed by atoms with Gasteiger partial charge in [-0.15, -0.1) is 0 Å². The van der Waals surface area contributed by atoms with Crippen molar-refractivity contribution in [3.8, 4) is 5.88 Å². The highest BCUT2D eigenvalue weighted by Crippen LogP contribution is 2.39. The second kappa shape index (κ2) is 8.24. The molecule has 1 saturated carbocycles. The first-order chi connectivity index (χ1) is 15.2. The molecule has 1 amide bonds. The second-order valence-corrected chi connectivity index (χ2v) is 10.2. The maximum absolute atomic E-state index is 12.6. The molecule has 5 unspecified atom stereocenters. The number of carbonyl (C=O) groups excluding carboxylic acids is 1. The van der Waals surface area contributed by atoms with Crippen LogP contribution in [-0.2, 0) is 11.2 Å². The van der Waals surface area contributed by atoms with E-state index in [1.54, 1.807) is 0 Å². The van der Waals surface area contributed by atoms with Crippen LogP contribution in [0.4, 0.5) is 5.82 Å². The summed E-state index contributed by atoms with van der Waals surface area (Å²) in [5, 5.41) is 7.10. The fourth-order valence-electron chi connectivity index (χ4n) is 6.72. The lowest BCUT2D eigenvalue weighted by Gasteiger charge is -2.50. The molecule has 2 N–H and O–H groups in total. The van der Waals surface area contributed by atoms with Crippen molar-refractivity contribution >= 4 is 11.7 Å². The Bertz CT molecular complexity index is 824. The van der Waals surface area contributed by atoms with E-state index in [-0.39, 0.29) is 5.92 Å². The molecule has 5 heterocycles. The topological polar surface area (TPSA) is 69.7 Å². The molecule has 0 radical (unpaired) electrons. The monoisotopic (exact) mass is 425 g/mol. The number of rotatable bonds is 3. The maximum atomic E-state index is 12.6. The molecular weight excluding hydrogens is 390 g/mol. The average Bonchev–Trinajstić information content (AvgIpc) is 3.28. The number of pyridine rings is 1. The van der Waals surface area contributed by atoms with Crippen LogP contribution in [0, 0.1) is 17.8 Å². The highest BCUT2D eigenvalue weighted by molar-refractivity contribution is 5.81. The van der Waals surface area contributed by atoms with E-state index in [2.05, 4.69) is 32.6 Å². The van der Waals surface area contributed by atoms with Crippen molar-refractivity contribution in [2.45, 2.75) is 50.6 Å². The van der Waals surface area contributed by atoms with E-state index in [4.69, 9.17) is 9.72 Å². The molecule has 7 heteroatoms. The second-order valence-electron chi connectivity index (χ2n) is 10.2. The number of piperazine rings is 1. The van der Waals surface area contributed by atoms with Crippen molar-refractivity contribution in [3.63, 3.8) is 0 Å². The van der Waals surface area contributed by atoms with Gasteiger partial charge in [0.2, 0.25) is 11.8 Å². The number of nitrogens with zero attached hydrogens (tertiary/aromatic N) is 3. The number of fused-ring (bicyclic) bond motifs is 4. The van der Waals surface area contributed by atoms with E-state index in [9.17, 15) is 4.79 Å². The van der Waals surface area contributed by atoms with Crippen molar-refractivity contribution in [1.82, 2.24) is 20.5 Å². The number of hydrogen-bond acceptors (Lipinski definition) is 6. The zero-order valence-corrected chi connectivity index (χ0v) is 18.4. The predicted octanol–water partition coefficient (Wildman–Crippen LogP) is 1.42. The quantitative estimate of drug-likeness (QED) is 0.764. The van der Waals surface area contributed by atoms with Gasteiger partial charge in [-0.05, 0) is 62.6 Å². The van der Waals surface area contributed by atoms with E-state index in [1.165, 1.54) is 18.4 Å². The molecule has 1 aromatic heterocycles. The van der Waals surface area contributed by atoms with Crippen molar-refractivity contribution in [2.24, 2.45) is 17.8 Å². The zero-order valence-electron chi connectivity index (χ0n) is 18.4. The summed E-state index contributed by atoms with van der Waals surface area (Å²) in [4.78, 5) is 22.4. The van der Waals surface area contributed by atoms with Crippen LogP contribution in [0.5, 0.6) is 5.88 Å². The Hall–Kier alpha value is -1.86. The lowest BCUT2D eigenvalue weighted by Crippen LogP contribution is -2.64. The van der Waals surface area contributed by atoms with Crippen LogP contribution < -0.4 is 20.3 Å². The van der Waals surface area contributed by atoms with Crippen LogP contribution in [0.25, 0.3) is 0 Å². The van der Waals surface area contributed by atoms with Crippen LogP contribution in [0.3, 0.4) is 0 Å². The van der Waals surface area contributed by atoms with E-state index in [1.807, 2.05) is 0 Å². The summed E-state index contributed by atoms with van der Waals surface area (Å²) in [5.41, 5.74) is 1.24. The minimum absolute atomic E-state index is 0.206. The SMILES string of the molecule is O=C1NC2CC(CN3CCN(c4ccc5c(n4)OCC5)CC3)CCC2C2NCCCC12. The van der Waals surface area contributed by atoms with Gasteiger partial charge in [0.15, 0.2) is 0 Å². The van der Waals surface area contributed by atoms with Gasteiger partial charge >= 0.3 is 0 Å². The lowest BCUT2D eigenvalue weighted by atomic mass is 9.67. The molecule has 6 rings (SSSR count). The van der Waals surface area contributed by atoms with Gasteiger partial charge in [0.05, 0.1) is 12.5 Å². The zero-order chi connectivity index (χ0) is 20.8. The maximum Gasteiger partial charge on any atom is 0.224 e. The summed E-state index contributed by atoms with van der Waals surface area (Å²) >= 11 is 0. The minimum Gasteiger partial charge on any atom is -0.477 e. The van der Waals surface area contributed by atoms with Crippen molar-refractivity contribution in [1.29, 1.82) is 0 Å². The molecule has 0 bridgehead atoms. The standard InChI is InChI=1S/C24H35N5O2/c30-23-19-2-1-8-25-22(19)18-5-3-16(14-20(18)26-23)15-28-9-11-29(12-10-28)21-6-4-17-7-13-31-24(17)27-21/h4,6,16,18-20,22,25H,1-3,5,7-15H2,(H,26,30). The Labute approximate surface area is 184 Å². The smallest absolute Gasteiger partial charge is 0.224 e. The molecule has 31 heavy (non-hydrogen) atoms. The van der Waals surface area contributed by atoms with Crippen LogP contribution in [0.1, 0.15) is 37.7 Å². The third kappa shape index (κ3) is 3.80. The molecule has 4 fully saturated rings. The van der Waals surface area contributed by atoms with Gasteiger partial charge in [0.25, 0.3) is 0 Å². The van der Waals surface area contributed by atoms with Crippen LogP contribution in [0.15, 0.2) is 12.1 Å². The number of hydrogen-bond donors (Lipinski definition) is 2. The minimum atomic E-state index is 0.206. The number of amides is 1. The first-order valence-corrected chi connectivity index (χ1v) is 12.4. The summed E-state index contributed by atoms with van der Waals surface area (Å²) in [5.74, 6) is 3.72. The average molecular weight is 426 g/mol. The lowest BCUT2D eigenvalue weighted by molar-refractivity contribution is -0.133. The van der Waals surface area contributed by atoms with Gasteiger partial charge in [-0.3, -0.25) is 9.69 Å². The van der Waals surface area contributed by atoms with Crippen LogP contribution >= 0.6 is 0 Å². The van der Waals surface area contributed by atoms with Crippen molar-refractivity contribution < 1.29 is 9.53 Å². The molecular formula is C24H35N5O2. The molecule has 4 aliphatic heterocycles. The van der Waals surface area contributed by atoms with E-state index in [0.29, 0.717) is 29.8 Å². The Kier molecular flexibility index (Phi) is 5.27. The Balaban J connectivity index is 1.02. The van der Waals surface area contributed by atoms with E-state index >= 15 is 0 Å². The molecule has 5 aliphatic rings. The Morgan fingerprint density at radius 1 is 1.13 bits per heavy atom. The molecule has 0 spiro atoms. The summed E-state index contributed by atoms with van der Waals surface area (Å²) < 4.78 is 5.65. The van der Waals surface area contributed by atoms with Gasteiger partial charge in [-0.25, -0.2) is 0 Å². The summed E-state index contributed by atoms with van der Waals surface area (Å²) in [6, 6.07) is 5.12. The summed E-state index contributed by atoms with van der Waals surface area (Å²) in [6.07, 6.45) is 6.87. The van der Waals surface area contributed by atoms with Gasteiger partial charge in [-0.1, -0.05) is 0 Å². The van der Waals surface area contributed by atoms with Crippen molar-refractivity contribution in [2.75, 3.05) is 50.8 Å². The molecule has 0 aromatic carbocycles. The van der Waals surface area contributed by atoms with E-state index in [0.717, 1.165) is 83.3 Å². The highest BCUT2D eigenvalue weighted by Gasteiger charge is 2.47. The molecule has 1 aromatic rings. The number of piperidine rings is 2. The largest absolute Gasteiger partial charge is 0.477 e. The fraction of sp³-hybridized carbons (Fsp3) is 0.750. The first-order valence-electron chi connectivity index (χ1n) is 12.4. The normalized spacial score (nSPS) is 35.5. The molecule has 168 valence electrons. The summed E-state index contributed by atoms with van der Waals surface area (Å²) in [6.45, 7) is 7.22. The Morgan fingerprint density at radius 2 is 2.03 bits per heavy atom. The molecule has 1 aliphatic carbocycles. The molecule has 3 saturated heterocycles. The molecule has 7 nitrogen and oxygen atoms in total. The van der Waals surface area contributed by atoms with Crippen molar-refractivity contribution in [3.05, 3.63) is 17.7 Å². The number of aromatic nitrogens is 1. The van der Waals surface area contributed by atoms with Crippen LogP contribution in [-0.4, -0.2) is 73.8 Å². The number of anilines is 1. The van der Waals surface area contributed by atoms with Gasteiger partial charge in [0.1, 0.15) is 5.82 Å². The number of carbonyl (C=O) groups is 1. The third-order valence-corrected chi connectivity index (χ3v) is 8.39. The number of ether oxygens (including phenoxy) is 1. The van der Waals surface area contributed by atoms with Gasteiger partial charge in [-0.2, -0.15) is 4.98 Å². The van der Waals surface area contributed by atoms with E-state index < -0.39 is 0 Å². The van der Waals surface area contributed by atoms with Gasteiger partial charge in [0, 0.05) is 56.8 Å².